The predicted molar refractivity (Wildman–Crippen MR) is 96.7 cm³/mol. The summed E-state index contributed by atoms with van der Waals surface area (Å²) in [5, 5.41) is 12.3. The Morgan fingerprint density at radius 1 is 1.31 bits per heavy atom. The zero-order valence-electron chi connectivity index (χ0n) is 13.8. The van der Waals surface area contributed by atoms with Gasteiger partial charge in [0.05, 0.1) is 17.3 Å². The van der Waals surface area contributed by atoms with Crippen molar-refractivity contribution in [1.29, 1.82) is 5.26 Å². The summed E-state index contributed by atoms with van der Waals surface area (Å²) in [5.74, 6) is -0.0939. The van der Waals surface area contributed by atoms with Gasteiger partial charge in [0.2, 0.25) is 0 Å². The molecule has 1 aromatic heterocycles. The normalized spacial score (nSPS) is 10.2. The van der Waals surface area contributed by atoms with Crippen LogP contribution in [-0.4, -0.2) is 10.9 Å². The molecular formula is C19H14FN3O2S. The van der Waals surface area contributed by atoms with Gasteiger partial charge in [-0.15, -0.1) is 11.3 Å². The summed E-state index contributed by atoms with van der Waals surface area (Å²) < 4.78 is 18.5. The molecule has 0 fully saturated rings. The molecule has 1 N–H and O–H groups in total. The van der Waals surface area contributed by atoms with E-state index in [1.807, 2.05) is 6.07 Å². The molecule has 2 aromatic carbocycles. The van der Waals surface area contributed by atoms with Crippen molar-refractivity contribution >= 4 is 22.9 Å². The van der Waals surface area contributed by atoms with Gasteiger partial charge in [-0.1, -0.05) is 6.07 Å². The number of benzene rings is 2. The predicted octanol–water partition coefficient (Wildman–Crippen LogP) is 4.29. The monoisotopic (exact) mass is 367 g/mol. The molecule has 0 bridgehead atoms. The maximum Gasteiger partial charge on any atom is 0.267 e. The van der Waals surface area contributed by atoms with E-state index in [9.17, 15) is 9.18 Å². The van der Waals surface area contributed by atoms with Crippen molar-refractivity contribution in [1.82, 2.24) is 4.98 Å². The molecule has 3 aromatic rings. The molecule has 0 aliphatic heterocycles. The van der Waals surface area contributed by atoms with E-state index in [-0.39, 0.29) is 18.3 Å². The number of aromatic nitrogens is 1. The van der Waals surface area contributed by atoms with Gasteiger partial charge in [0.1, 0.15) is 28.1 Å². The van der Waals surface area contributed by atoms with Gasteiger partial charge < -0.3 is 10.1 Å². The second-order valence-electron chi connectivity index (χ2n) is 5.41. The highest BCUT2D eigenvalue weighted by molar-refractivity contribution is 7.13. The molecule has 0 saturated carbocycles. The van der Waals surface area contributed by atoms with Crippen molar-refractivity contribution in [2.24, 2.45) is 0 Å². The Morgan fingerprint density at radius 3 is 2.81 bits per heavy atom. The first-order valence-corrected chi connectivity index (χ1v) is 8.53. The number of aryl methyl sites for hydroxylation is 1. The second kappa shape index (κ2) is 7.76. The molecule has 1 heterocycles. The van der Waals surface area contributed by atoms with Gasteiger partial charge in [-0.25, -0.2) is 9.37 Å². The van der Waals surface area contributed by atoms with Crippen molar-refractivity contribution in [3.63, 3.8) is 0 Å². The number of thiazole rings is 1. The van der Waals surface area contributed by atoms with Crippen molar-refractivity contribution in [3.05, 3.63) is 75.5 Å². The van der Waals surface area contributed by atoms with E-state index in [0.29, 0.717) is 32.6 Å². The first-order chi connectivity index (χ1) is 12.5. The summed E-state index contributed by atoms with van der Waals surface area (Å²) in [6.07, 6.45) is 0. The van der Waals surface area contributed by atoms with Gasteiger partial charge in [-0.3, -0.25) is 4.79 Å². The third-order valence-corrected chi connectivity index (χ3v) is 4.60. The number of nitriles is 1. The number of amides is 1. The Hall–Kier alpha value is -3.24. The van der Waals surface area contributed by atoms with Crippen LogP contribution < -0.4 is 10.1 Å². The molecule has 3 rings (SSSR count). The van der Waals surface area contributed by atoms with Gasteiger partial charge in [0.15, 0.2) is 0 Å². The fraction of sp³-hybridized carbons (Fsp3) is 0.105. The van der Waals surface area contributed by atoms with E-state index in [1.165, 1.54) is 35.6 Å². The number of halogens is 1. The van der Waals surface area contributed by atoms with Gasteiger partial charge >= 0.3 is 0 Å². The number of hydrogen-bond donors (Lipinski definition) is 1. The molecule has 1 amide bonds. The van der Waals surface area contributed by atoms with Gasteiger partial charge in [0, 0.05) is 5.69 Å². The molecule has 0 saturated heterocycles. The molecule has 26 heavy (non-hydrogen) atoms. The topological polar surface area (TPSA) is 75.0 Å². The smallest absolute Gasteiger partial charge is 0.267 e. The molecule has 0 aliphatic rings. The van der Waals surface area contributed by atoms with Crippen LogP contribution in [0.3, 0.4) is 0 Å². The molecule has 0 aliphatic carbocycles. The first-order valence-electron chi connectivity index (χ1n) is 7.71. The molecule has 0 atom stereocenters. The number of nitrogens with one attached hydrogen (secondary N) is 1. The fourth-order valence-electron chi connectivity index (χ4n) is 2.25. The summed E-state index contributed by atoms with van der Waals surface area (Å²) in [4.78, 5) is 17.3. The Balaban J connectivity index is 1.67. The SMILES string of the molecule is Cc1nc(COc2ccc(F)cc2)sc1C(=O)Nc1cccc(C#N)c1. The van der Waals surface area contributed by atoms with E-state index in [1.54, 1.807) is 31.2 Å². The van der Waals surface area contributed by atoms with E-state index in [0.717, 1.165) is 0 Å². The van der Waals surface area contributed by atoms with E-state index in [4.69, 9.17) is 10.00 Å². The van der Waals surface area contributed by atoms with Gasteiger partial charge in [-0.05, 0) is 49.4 Å². The molecular weight excluding hydrogens is 353 g/mol. The van der Waals surface area contributed by atoms with Crippen molar-refractivity contribution in [2.45, 2.75) is 13.5 Å². The lowest BCUT2D eigenvalue weighted by molar-refractivity contribution is 0.103. The Labute approximate surface area is 153 Å². The first kappa shape index (κ1) is 17.6. The van der Waals surface area contributed by atoms with E-state index >= 15 is 0 Å². The summed E-state index contributed by atoms with van der Waals surface area (Å²) >= 11 is 1.23. The highest BCUT2D eigenvalue weighted by Crippen LogP contribution is 2.22. The molecule has 0 unspecified atom stereocenters. The third-order valence-electron chi connectivity index (χ3n) is 3.47. The Morgan fingerprint density at radius 2 is 2.08 bits per heavy atom. The number of nitrogens with zero attached hydrogens (tertiary/aromatic N) is 2. The van der Waals surface area contributed by atoms with Crippen molar-refractivity contribution in [2.75, 3.05) is 5.32 Å². The van der Waals surface area contributed by atoms with Gasteiger partial charge in [-0.2, -0.15) is 5.26 Å². The number of hydrogen-bond acceptors (Lipinski definition) is 5. The highest BCUT2D eigenvalue weighted by Gasteiger charge is 2.16. The standard InChI is InChI=1S/C19H14FN3O2S/c1-12-18(19(24)23-15-4-2-3-13(9-15)10-21)26-17(22-12)11-25-16-7-5-14(20)6-8-16/h2-9H,11H2,1H3,(H,23,24). The van der Waals surface area contributed by atoms with Crippen LogP contribution in [0.15, 0.2) is 48.5 Å². The average molecular weight is 367 g/mol. The number of rotatable bonds is 5. The van der Waals surface area contributed by atoms with Gasteiger partial charge in [0.25, 0.3) is 5.91 Å². The quantitative estimate of drug-likeness (QED) is 0.730. The lowest BCUT2D eigenvalue weighted by atomic mass is 10.2. The van der Waals surface area contributed by atoms with Crippen LogP contribution in [0.2, 0.25) is 0 Å². The number of ether oxygens (including phenoxy) is 1. The van der Waals surface area contributed by atoms with E-state index < -0.39 is 0 Å². The van der Waals surface area contributed by atoms with Crippen LogP contribution >= 0.6 is 11.3 Å². The number of anilines is 1. The van der Waals surface area contributed by atoms with Crippen LogP contribution in [-0.2, 0) is 6.61 Å². The summed E-state index contributed by atoms with van der Waals surface area (Å²) in [6, 6.07) is 14.4. The van der Waals surface area contributed by atoms with Crippen LogP contribution in [0, 0.1) is 24.1 Å². The second-order valence-corrected chi connectivity index (χ2v) is 6.50. The zero-order chi connectivity index (χ0) is 18.5. The lowest BCUT2D eigenvalue weighted by Crippen LogP contribution is -2.11. The minimum atomic E-state index is -0.332. The van der Waals surface area contributed by atoms with Crippen LogP contribution in [0.25, 0.3) is 0 Å². The summed E-state index contributed by atoms with van der Waals surface area (Å²) in [7, 11) is 0. The molecule has 130 valence electrons. The largest absolute Gasteiger partial charge is 0.486 e. The molecule has 5 nitrogen and oxygen atoms in total. The zero-order valence-corrected chi connectivity index (χ0v) is 14.6. The fourth-order valence-corrected chi connectivity index (χ4v) is 3.13. The van der Waals surface area contributed by atoms with E-state index in [2.05, 4.69) is 10.3 Å². The minimum Gasteiger partial charge on any atom is -0.486 e. The van der Waals surface area contributed by atoms with Crippen molar-refractivity contribution < 1.29 is 13.9 Å². The van der Waals surface area contributed by atoms with Crippen LogP contribution in [0.5, 0.6) is 5.75 Å². The molecule has 0 spiro atoms. The van der Waals surface area contributed by atoms with Crippen LogP contribution in [0.4, 0.5) is 10.1 Å². The molecule has 0 radical (unpaired) electrons. The van der Waals surface area contributed by atoms with Crippen molar-refractivity contribution in [3.8, 4) is 11.8 Å². The minimum absolute atomic E-state index is 0.189. The maximum absolute atomic E-state index is 12.9. The maximum atomic E-state index is 12.9. The Kier molecular flexibility index (Phi) is 5.25. The third kappa shape index (κ3) is 4.23. The number of carbonyl (C=O) groups is 1. The summed E-state index contributed by atoms with van der Waals surface area (Å²) in [5.41, 5.74) is 1.62. The average Bonchev–Trinajstić information content (AvgIpc) is 3.02. The number of carbonyl (C=O) groups excluding carboxylic acids is 1. The molecule has 7 heteroatoms. The Bertz CT molecular complexity index is 977. The van der Waals surface area contributed by atoms with Crippen LogP contribution in [0.1, 0.15) is 25.9 Å². The lowest BCUT2D eigenvalue weighted by Gasteiger charge is -2.04. The summed E-state index contributed by atoms with van der Waals surface area (Å²) in [6.45, 7) is 1.94. The highest BCUT2D eigenvalue weighted by atomic mass is 32.1.